The number of hydrogen-bond acceptors (Lipinski definition) is 4. The normalized spacial score (nSPS) is 12.2. The first-order valence-corrected chi connectivity index (χ1v) is 4.42. The maximum absolute atomic E-state index is 13.2. The first-order valence-electron chi connectivity index (χ1n) is 4.42. The number of carbonyl (C=O) groups excluding carboxylic acids is 1. The maximum atomic E-state index is 13.2. The molecule has 1 rings (SSSR count). The van der Waals surface area contributed by atoms with Gasteiger partial charge in [-0.3, -0.25) is 4.79 Å². The Bertz CT molecular complexity index is 368. The maximum Gasteiger partial charge on any atom is 0.322 e. The summed E-state index contributed by atoms with van der Waals surface area (Å²) in [4.78, 5) is 11.0. The zero-order valence-corrected chi connectivity index (χ0v) is 8.37. The van der Waals surface area contributed by atoms with Gasteiger partial charge >= 0.3 is 5.97 Å². The Balaban J connectivity index is 2.80. The van der Waals surface area contributed by atoms with Crippen molar-refractivity contribution in [2.75, 3.05) is 12.8 Å². The summed E-state index contributed by atoms with van der Waals surface area (Å²) < 4.78 is 17.7. The van der Waals surface area contributed by atoms with Crippen molar-refractivity contribution in [2.24, 2.45) is 5.73 Å². The molecule has 0 aromatic heterocycles. The Kier molecular flexibility index (Phi) is 3.62. The van der Waals surface area contributed by atoms with Gasteiger partial charge in [0, 0.05) is 12.1 Å². The minimum atomic E-state index is -0.869. The number of hydrogen-bond donors (Lipinski definition) is 2. The van der Waals surface area contributed by atoms with E-state index in [9.17, 15) is 9.18 Å². The monoisotopic (exact) mass is 212 g/mol. The molecule has 0 bridgehead atoms. The molecule has 1 aromatic rings. The van der Waals surface area contributed by atoms with Crippen molar-refractivity contribution in [1.29, 1.82) is 0 Å². The van der Waals surface area contributed by atoms with Crippen LogP contribution in [-0.2, 0) is 16.0 Å². The van der Waals surface area contributed by atoms with E-state index in [1.54, 1.807) is 0 Å². The van der Waals surface area contributed by atoms with Gasteiger partial charge in [-0.25, -0.2) is 4.39 Å². The van der Waals surface area contributed by atoms with Crippen LogP contribution in [0, 0.1) is 5.82 Å². The van der Waals surface area contributed by atoms with E-state index in [0.29, 0.717) is 11.3 Å². The van der Waals surface area contributed by atoms with E-state index in [0.717, 1.165) is 0 Å². The summed E-state index contributed by atoms with van der Waals surface area (Å²) in [5.41, 5.74) is 11.7. The van der Waals surface area contributed by atoms with Crippen molar-refractivity contribution < 1.29 is 13.9 Å². The molecule has 1 atom stereocenters. The molecular weight excluding hydrogens is 199 g/mol. The first-order chi connectivity index (χ1) is 7.04. The molecular formula is C10H13FN2O2. The van der Waals surface area contributed by atoms with Gasteiger partial charge in [-0.2, -0.15) is 0 Å². The molecule has 4 nitrogen and oxygen atoms in total. The Labute approximate surface area is 87.0 Å². The fourth-order valence-corrected chi connectivity index (χ4v) is 1.22. The lowest BCUT2D eigenvalue weighted by Gasteiger charge is -2.10. The van der Waals surface area contributed by atoms with Crippen molar-refractivity contribution in [3.8, 4) is 0 Å². The molecule has 0 aliphatic carbocycles. The van der Waals surface area contributed by atoms with Crippen LogP contribution in [0.25, 0.3) is 0 Å². The van der Waals surface area contributed by atoms with Crippen molar-refractivity contribution in [3.05, 3.63) is 29.6 Å². The van der Waals surface area contributed by atoms with Gasteiger partial charge in [0.25, 0.3) is 0 Å². The van der Waals surface area contributed by atoms with Gasteiger partial charge in [0.1, 0.15) is 11.9 Å². The van der Waals surface area contributed by atoms with Crippen molar-refractivity contribution >= 4 is 11.7 Å². The summed E-state index contributed by atoms with van der Waals surface area (Å²) in [6.45, 7) is 0. The molecule has 0 heterocycles. The number of anilines is 1. The quantitative estimate of drug-likeness (QED) is 0.563. The number of ether oxygens (including phenoxy) is 1. The fourth-order valence-electron chi connectivity index (χ4n) is 1.22. The lowest BCUT2D eigenvalue weighted by Crippen LogP contribution is -2.33. The zero-order chi connectivity index (χ0) is 11.4. The first kappa shape index (κ1) is 11.5. The average molecular weight is 212 g/mol. The van der Waals surface area contributed by atoms with E-state index in [1.165, 1.54) is 25.3 Å². The number of rotatable bonds is 3. The van der Waals surface area contributed by atoms with Gasteiger partial charge < -0.3 is 16.2 Å². The number of methoxy groups -OCH3 is 1. The highest BCUT2D eigenvalue weighted by atomic mass is 19.1. The molecule has 1 aromatic carbocycles. The van der Waals surface area contributed by atoms with Gasteiger partial charge in [0.05, 0.1) is 7.11 Å². The van der Waals surface area contributed by atoms with Gasteiger partial charge in [0.15, 0.2) is 0 Å². The van der Waals surface area contributed by atoms with Gasteiger partial charge in [-0.15, -0.1) is 0 Å². The summed E-state index contributed by atoms with van der Waals surface area (Å²) in [5, 5.41) is 0. The number of nitrogens with two attached hydrogens (primary N) is 2. The number of esters is 1. The summed E-state index contributed by atoms with van der Waals surface area (Å²) in [6.07, 6.45) is 0.0730. The average Bonchev–Trinajstić information content (AvgIpc) is 2.22. The summed E-state index contributed by atoms with van der Waals surface area (Å²) in [6, 6.07) is 3.28. The lowest BCUT2D eigenvalue weighted by molar-refractivity contribution is -0.142. The van der Waals surface area contributed by atoms with E-state index >= 15 is 0 Å². The third-order valence-electron chi connectivity index (χ3n) is 2.01. The second-order valence-electron chi connectivity index (χ2n) is 3.18. The lowest BCUT2D eigenvalue weighted by atomic mass is 10.1. The van der Waals surface area contributed by atoms with Crippen molar-refractivity contribution in [2.45, 2.75) is 12.5 Å². The predicted octanol–water partition coefficient (Wildman–Crippen LogP) is 0.451. The van der Waals surface area contributed by atoms with E-state index in [2.05, 4.69) is 4.74 Å². The second-order valence-corrected chi connectivity index (χ2v) is 3.18. The molecule has 0 unspecified atom stereocenters. The van der Waals surface area contributed by atoms with Crippen LogP contribution in [0.1, 0.15) is 5.56 Å². The summed E-state index contributed by atoms with van der Waals surface area (Å²) in [7, 11) is 1.23. The van der Waals surface area contributed by atoms with E-state index in [4.69, 9.17) is 11.5 Å². The summed E-state index contributed by atoms with van der Waals surface area (Å²) in [5.74, 6) is -1.000. The molecule has 4 N–H and O–H groups in total. The molecule has 0 radical (unpaired) electrons. The number of carbonyl (C=O) groups is 1. The highest BCUT2D eigenvalue weighted by molar-refractivity contribution is 5.75. The van der Waals surface area contributed by atoms with Crippen molar-refractivity contribution in [3.63, 3.8) is 0 Å². The van der Waals surface area contributed by atoms with Gasteiger partial charge in [-0.1, -0.05) is 0 Å². The van der Waals surface area contributed by atoms with Crippen molar-refractivity contribution in [1.82, 2.24) is 0 Å². The topological polar surface area (TPSA) is 78.3 Å². The number of halogens is 1. The molecule has 82 valence electrons. The Hall–Kier alpha value is -1.62. The molecule has 0 aliphatic heterocycles. The minimum absolute atomic E-state index is 0.0730. The van der Waals surface area contributed by atoms with Crippen LogP contribution in [0.4, 0.5) is 10.1 Å². The number of nitrogen functional groups attached to an aromatic ring is 1. The highest BCUT2D eigenvalue weighted by Gasteiger charge is 2.16. The van der Waals surface area contributed by atoms with Crippen LogP contribution >= 0.6 is 0 Å². The third kappa shape index (κ3) is 2.92. The SMILES string of the molecule is COC(=O)[C@H](N)Cc1cc(N)ccc1F. The van der Waals surface area contributed by atoms with E-state index in [-0.39, 0.29) is 6.42 Å². The van der Waals surface area contributed by atoms with Crippen LogP contribution < -0.4 is 11.5 Å². The standard InChI is InChI=1S/C10H13FN2O2/c1-15-10(14)9(13)5-6-4-7(12)2-3-8(6)11/h2-4,9H,5,12-13H2,1H3/t9-/m1/s1. The van der Waals surface area contributed by atoms with Crippen LogP contribution in [-0.4, -0.2) is 19.1 Å². The largest absolute Gasteiger partial charge is 0.468 e. The van der Waals surface area contributed by atoms with Crippen LogP contribution in [0.3, 0.4) is 0 Å². The molecule has 0 aliphatic rings. The van der Waals surface area contributed by atoms with E-state index < -0.39 is 17.8 Å². The smallest absolute Gasteiger partial charge is 0.322 e. The van der Waals surface area contributed by atoms with Crippen LogP contribution in [0.2, 0.25) is 0 Å². The molecule has 0 fully saturated rings. The molecule has 0 saturated carbocycles. The number of benzene rings is 1. The minimum Gasteiger partial charge on any atom is -0.468 e. The van der Waals surface area contributed by atoms with Crippen LogP contribution in [0.5, 0.6) is 0 Å². The van der Waals surface area contributed by atoms with Crippen LogP contribution in [0.15, 0.2) is 18.2 Å². The molecule has 15 heavy (non-hydrogen) atoms. The highest BCUT2D eigenvalue weighted by Crippen LogP contribution is 2.13. The molecule has 5 heteroatoms. The summed E-state index contributed by atoms with van der Waals surface area (Å²) >= 11 is 0. The zero-order valence-electron chi connectivity index (χ0n) is 8.37. The molecule has 0 saturated heterocycles. The predicted molar refractivity (Wildman–Crippen MR) is 54.5 cm³/mol. The fraction of sp³-hybridized carbons (Fsp3) is 0.300. The van der Waals surface area contributed by atoms with Gasteiger partial charge in [0.2, 0.25) is 0 Å². The third-order valence-corrected chi connectivity index (χ3v) is 2.01. The Morgan fingerprint density at radius 2 is 2.27 bits per heavy atom. The Morgan fingerprint density at radius 1 is 1.60 bits per heavy atom. The van der Waals surface area contributed by atoms with Gasteiger partial charge in [-0.05, 0) is 23.8 Å². The molecule has 0 spiro atoms. The van der Waals surface area contributed by atoms with E-state index in [1.807, 2.05) is 0 Å². The second kappa shape index (κ2) is 4.75. The molecule has 0 amide bonds. The Morgan fingerprint density at radius 3 is 2.87 bits per heavy atom.